The molecule has 0 unspecified atom stereocenters. The van der Waals surface area contributed by atoms with E-state index in [2.05, 4.69) is 29.4 Å². The van der Waals surface area contributed by atoms with Gasteiger partial charge in [-0.2, -0.15) is 0 Å². The van der Waals surface area contributed by atoms with Crippen LogP contribution in [-0.2, 0) is 23.0 Å². The Morgan fingerprint density at radius 3 is 2.30 bits per heavy atom. The van der Waals surface area contributed by atoms with E-state index >= 15 is 0 Å². The Morgan fingerprint density at radius 2 is 1.76 bits per heavy atom. The maximum Gasteiger partial charge on any atom is 0.319 e. The second-order valence-corrected chi connectivity index (χ2v) is 11.4. The van der Waals surface area contributed by atoms with Crippen LogP contribution in [0.4, 0.5) is 9.80 Å². The minimum absolute atomic E-state index is 0.0611. The molecule has 0 spiro atoms. The molecule has 4 amide bonds. The number of fused-ring (bicyclic) bond motifs is 1. The Bertz CT molecular complexity index is 1190. The van der Waals surface area contributed by atoms with Gasteiger partial charge in [-0.15, -0.1) is 11.3 Å². The number of primary amides is 1. The fraction of sp³-hybridized carbons (Fsp3) is 0.381. The zero-order valence-corrected chi connectivity index (χ0v) is 20.5. The molecule has 4 N–H and O–H groups in total. The molecule has 2 heterocycles. The number of hydrogen-bond donors (Lipinski definition) is 3. The minimum Gasteiger partial charge on any atom is -0.351 e. The fourth-order valence-corrected chi connectivity index (χ4v) is 5.70. The van der Waals surface area contributed by atoms with E-state index in [0.717, 1.165) is 21.3 Å². The number of nitrogens with two attached hydrogens (primary N) is 1. The van der Waals surface area contributed by atoms with Crippen LogP contribution >= 0.6 is 11.3 Å². The minimum atomic E-state index is -3.62. The van der Waals surface area contributed by atoms with Gasteiger partial charge in [0.05, 0.1) is 10.5 Å². The lowest BCUT2D eigenvalue weighted by Gasteiger charge is -2.30. The summed E-state index contributed by atoms with van der Waals surface area (Å²) in [6, 6.07) is 4.86. The molecule has 10 nitrogen and oxygen atoms in total. The van der Waals surface area contributed by atoms with Crippen molar-refractivity contribution < 1.29 is 22.8 Å². The largest absolute Gasteiger partial charge is 0.351 e. The summed E-state index contributed by atoms with van der Waals surface area (Å²) in [7, 11) is -0.771. The molecule has 0 aliphatic carbocycles. The highest BCUT2D eigenvalue weighted by Crippen LogP contribution is 2.38. The average molecular weight is 494 g/mol. The first-order chi connectivity index (χ1) is 15.4. The van der Waals surface area contributed by atoms with Crippen LogP contribution < -0.4 is 16.4 Å². The van der Waals surface area contributed by atoms with Crippen molar-refractivity contribution in [2.75, 3.05) is 26.0 Å². The molecule has 178 valence electrons. The molecule has 0 saturated carbocycles. The van der Waals surface area contributed by atoms with Gasteiger partial charge in [0, 0.05) is 43.7 Å². The SMILES string of the molecule is CC(C)N1CCc2c(sc(NC(=O)c3ccc(S(=O)(=O)N(C)C)cc3)c2C(=O)NC(N)=O)C1. The molecule has 1 aromatic carbocycles. The number of hydrogen-bond acceptors (Lipinski definition) is 7. The Kier molecular flexibility index (Phi) is 7.22. The quantitative estimate of drug-likeness (QED) is 0.560. The van der Waals surface area contributed by atoms with Crippen LogP contribution in [0.25, 0.3) is 0 Å². The summed E-state index contributed by atoms with van der Waals surface area (Å²) in [4.78, 5) is 40.1. The van der Waals surface area contributed by atoms with E-state index < -0.39 is 27.9 Å². The van der Waals surface area contributed by atoms with Crippen molar-refractivity contribution in [1.82, 2.24) is 14.5 Å². The second-order valence-electron chi connectivity index (χ2n) is 8.11. The van der Waals surface area contributed by atoms with Crippen molar-refractivity contribution in [2.45, 2.75) is 37.8 Å². The van der Waals surface area contributed by atoms with Crippen LogP contribution in [0, 0.1) is 0 Å². The maximum absolute atomic E-state index is 12.9. The zero-order valence-electron chi connectivity index (χ0n) is 18.8. The lowest BCUT2D eigenvalue weighted by Crippen LogP contribution is -2.38. The zero-order chi connectivity index (χ0) is 24.5. The number of rotatable bonds is 6. The van der Waals surface area contributed by atoms with Gasteiger partial charge in [0.2, 0.25) is 10.0 Å². The van der Waals surface area contributed by atoms with Crippen molar-refractivity contribution in [3.63, 3.8) is 0 Å². The van der Waals surface area contributed by atoms with Crippen molar-refractivity contribution in [1.29, 1.82) is 0 Å². The van der Waals surface area contributed by atoms with E-state index in [0.29, 0.717) is 24.0 Å². The number of nitrogens with zero attached hydrogens (tertiary/aromatic N) is 2. The molecule has 1 aromatic heterocycles. The number of benzene rings is 1. The third-order valence-electron chi connectivity index (χ3n) is 5.40. The molecule has 3 rings (SSSR count). The Labute approximate surface area is 196 Å². The van der Waals surface area contributed by atoms with Crippen LogP contribution in [0.15, 0.2) is 29.2 Å². The van der Waals surface area contributed by atoms with Crippen LogP contribution in [0.2, 0.25) is 0 Å². The van der Waals surface area contributed by atoms with Gasteiger partial charge in [0.1, 0.15) is 5.00 Å². The van der Waals surface area contributed by atoms with E-state index in [1.54, 1.807) is 0 Å². The standard InChI is InChI=1S/C21H27N5O5S2/c1-12(2)26-10-9-15-16(11-26)32-20(17(15)19(28)24-21(22)29)23-18(27)13-5-7-14(8-6-13)33(30,31)25(3)4/h5-8,12H,9-11H2,1-4H3,(H,23,27)(H3,22,24,28,29). The lowest BCUT2D eigenvalue weighted by atomic mass is 10.0. The van der Waals surface area contributed by atoms with Crippen molar-refractivity contribution in [3.8, 4) is 0 Å². The van der Waals surface area contributed by atoms with E-state index in [-0.39, 0.29) is 16.0 Å². The van der Waals surface area contributed by atoms with Gasteiger partial charge in [-0.3, -0.25) is 19.8 Å². The predicted molar refractivity (Wildman–Crippen MR) is 126 cm³/mol. The summed E-state index contributed by atoms with van der Waals surface area (Å²) < 4.78 is 25.6. The Balaban J connectivity index is 1.91. The summed E-state index contributed by atoms with van der Waals surface area (Å²) in [6.45, 7) is 5.54. The smallest absolute Gasteiger partial charge is 0.319 e. The number of thiophene rings is 1. The molecule has 0 radical (unpaired) electrons. The second kappa shape index (κ2) is 9.59. The first-order valence-electron chi connectivity index (χ1n) is 10.2. The molecule has 0 bridgehead atoms. The number of carbonyl (C=O) groups excluding carboxylic acids is 3. The molecule has 0 atom stereocenters. The number of sulfonamides is 1. The van der Waals surface area contributed by atoms with Gasteiger partial charge in [-0.05, 0) is 50.1 Å². The highest BCUT2D eigenvalue weighted by Gasteiger charge is 2.30. The third-order valence-corrected chi connectivity index (χ3v) is 8.36. The fourth-order valence-electron chi connectivity index (χ4n) is 3.53. The molecule has 0 fully saturated rings. The molecule has 12 heteroatoms. The van der Waals surface area contributed by atoms with E-state index in [4.69, 9.17) is 5.73 Å². The number of nitrogens with one attached hydrogen (secondary N) is 2. The van der Waals surface area contributed by atoms with Gasteiger partial charge in [-0.1, -0.05) is 0 Å². The molecular formula is C21H27N5O5S2. The average Bonchev–Trinajstić information content (AvgIpc) is 3.10. The summed E-state index contributed by atoms with van der Waals surface area (Å²) in [6.07, 6.45) is 0.596. The summed E-state index contributed by atoms with van der Waals surface area (Å²) in [5, 5.41) is 5.16. The lowest BCUT2D eigenvalue weighted by molar-refractivity contribution is 0.0965. The third kappa shape index (κ3) is 5.24. The Hall–Kier alpha value is -2.80. The highest BCUT2D eigenvalue weighted by atomic mass is 32.2. The van der Waals surface area contributed by atoms with E-state index in [1.165, 1.54) is 49.7 Å². The number of anilines is 1. The summed E-state index contributed by atoms with van der Waals surface area (Å²) >= 11 is 1.28. The topological polar surface area (TPSA) is 142 Å². The molecule has 1 aliphatic heterocycles. The summed E-state index contributed by atoms with van der Waals surface area (Å²) in [5.74, 6) is -1.17. The molecule has 1 aliphatic rings. The first-order valence-corrected chi connectivity index (χ1v) is 12.5. The van der Waals surface area contributed by atoms with Gasteiger partial charge in [0.15, 0.2) is 0 Å². The number of imide groups is 1. The monoisotopic (exact) mass is 493 g/mol. The van der Waals surface area contributed by atoms with Crippen molar-refractivity contribution >= 4 is 44.2 Å². The van der Waals surface area contributed by atoms with Crippen LogP contribution in [0.5, 0.6) is 0 Å². The first kappa shape index (κ1) is 24.8. The summed E-state index contributed by atoms with van der Waals surface area (Å²) in [5.41, 5.74) is 6.38. The number of urea groups is 1. The van der Waals surface area contributed by atoms with Crippen LogP contribution in [0.3, 0.4) is 0 Å². The van der Waals surface area contributed by atoms with Gasteiger partial charge in [0.25, 0.3) is 11.8 Å². The number of carbonyl (C=O) groups is 3. The van der Waals surface area contributed by atoms with Crippen molar-refractivity contribution in [3.05, 3.63) is 45.8 Å². The van der Waals surface area contributed by atoms with Gasteiger partial charge < -0.3 is 11.1 Å². The van der Waals surface area contributed by atoms with Gasteiger partial charge >= 0.3 is 6.03 Å². The van der Waals surface area contributed by atoms with E-state index in [1.807, 2.05) is 0 Å². The van der Waals surface area contributed by atoms with Crippen molar-refractivity contribution in [2.24, 2.45) is 5.73 Å². The van der Waals surface area contributed by atoms with Gasteiger partial charge in [-0.25, -0.2) is 17.5 Å². The molecule has 2 aromatic rings. The van der Waals surface area contributed by atoms with Crippen LogP contribution in [0.1, 0.15) is 45.0 Å². The highest BCUT2D eigenvalue weighted by molar-refractivity contribution is 7.89. The maximum atomic E-state index is 12.9. The number of amides is 4. The molecule has 0 saturated heterocycles. The normalized spacial score (nSPS) is 14.2. The van der Waals surface area contributed by atoms with E-state index in [9.17, 15) is 22.8 Å². The Morgan fingerprint density at radius 1 is 1.12 bits per heavy atom. The van der Waals surface area contributed by atoms with Crippen LogP contribution in [-0.4, -0.2) is 62.2 Å². The predicted octanol–water partition coefficient (Wildman–Crippen LogP) is 1.83. The molecular weight excluding hydrogens is 466 g/mol. The molecule has 33 heavy (non-hydrogen) atoms.